The number of amides is 1. The molecule has 5 heteroatoms. The SMILES string of the molecule is CCCCOC(=O)Nc1cc2c3c(c1)[C@](C)(c1ccc(F)cc1)CCN3CC[C@@]2(C)c1ccc(C)cc1. The lowest BCUT2D eigenvalue weighted by Gasteiger charge is -2.50. The minimum Gasteiger partial charge on any atom is -0.449 e. The standard InChI is InChI=1S/C32H37FN2O2/c1-5-6-19-37-30(36)34-26-20-27-29-28(21-26)32(4,24-11-13-25(33)14-12-24)16-18-35(29)17-15-31(27,3)23-9-7-22(2)8-10-23/h7-14,20-21H,5-6,15-19H2,1-4H3,(H,34,36)/t31-,32-/m0/s1. The minimum atomic E-state index is -0.426. The van der Waals surface area contributed by atoms with Crippen LogP contribution in [-0.4, -0.2) is 25.8 Å². The Morgan fingerprint density at radius 1 is 0.946 bits per heavy atom. The molecule has 2 atom stereocenters. The summed E-state index contributed by atoms with van der Waals surface area (Å²) in [7, 11) is 0. The molecule has 2 aliphatic rings. The average molecular weight is 501 g/mol. The Hall–Kier alpha value is -3.34. The van der Waals surface area contributed by atoms with Gasteiger partial charge in [-0.25, -0.2) is 9.18 Å². The van der Waals surface area contributed by atoms with Gasteiger partial charge in [-0.05, 0) is 72.7 Å². The molecule has 37 heavy (non-hydrogen) atoms. The van der Waals surface area contributed by atoms with Gasteiger partial charge in [0.05, 0.1) is 6.61 Å². The molecule has 2 heterocycles. The van der Waals surface area contributed by atoms with Gasteiger partial charge in [-0.3, -0.25) is 5.32 Å². The fourth-order valence-corrected chi connectivity index (χ4v) is 6.01. The van der Waals surface area contributed by atoms with E-state index >= 15 is 0 Å². The Kier molecular flexibility index (Phi) is 6.74. The van der Waals surface area contributed by atoms with E-state index in [1.54, 1.807) is 12.1 Å². The summed E-state index contributed by atoms with van der Waals surface area (Å²) >= 11 is 0. The van der Waals surface area contributed by atoms with Crippen LogP contribution in [0.1, 0.15) is 74.3 Å². The Bertz CT molecular complexity index is 1200. The number of benzene rings is 3. The van der Waals surface area contributed by atoms with Crippen molar-refractivity contribution < 1.29 is 13.9 Å². The Labute approximate surface area is 219 Å². The van der Waals surface area contributed by atoms with E-state index < -0.39 is 6.09 Å². The van der Waals surface area contributed by atoms with Crippen LogP contribution in [-0.2, 0) is 15.6 Å². The van der Waals surface area contributed by atoms with Gasteiger partial charge in [0.15, 0.2) is 0 Å². The van der Waals surface area contributed by atoms with Gasteiger partial charge in [0.25, 0.3) is 0 Å². The number of rotatable bonds is 6. The Morgan fingerprint density at radius 3 is 2.03 bits per heavy atom. The number of ether oxygens (including phenoxy) is 1. The van der Waals surface area contributed by atoms with Crippen molar-refractivity contribution >= 4 is 17.5 Å². The van der Waals surface area contributed by atoms with E-state index in [0.717, 1.165) is 50.0 Å². The molecule has 0 unspecified atom stereocenters. The van der Waals surface area contributed by atoms with Gasteiger partial charge in [0.1, 0.15) is 5.82 Å². The number of nitrogens with zero attached hydrogens (tertiary/aromatic N) is 1. The van der Waals surface area contributed by atoms with Crippen LogP contribution in [0.2, 0.25) is 0 Å². The number of aryl methyl sites for hydroxylation is 1. The summed E-state index contributed by atoms with van der Waals surface area (Å²) < 4.78 is 19.3. The zero-order valence-electron chi connectivity index (χ0n) is 22.4. The van der Waals surface area contributed by atoms with E-state index in [0.29, 0.717) is 6.61 Å². The molecule has 0 aliphatic carbocycles. The number of carbonyl (C=O) groups excluding carboxylic acids is 1. The molecule has 5 rings (SSSR count). The van der Waals surface area contributed by atoms with Crippen molar-refractivity contribution in [3.63, 3.8) is 0 Å². The number of unbranched alkanes of at least 4 members (excludes halogenated alkanes) is 1. The third-order valence-electron chi connectivity index (χ3n) is 8.53. The maximum absolute atomic E-state index is 13.8. The molecule has 3 aromatic carbocycles. The summed E-state index contributed by atoms with van der Waals surface area (Å²) in [4.78, 5) is 15.2. The summed E-state index contributed by atoms with van der Waals surface area (Å²) in [6, 6.07) is 20.0. The quantitative estimate of drug-likeness (QED) is 0.353. The van der Waals surface area contributed by atoms with Gasteiger partial charge >= 0.3 is 6.09 Å². The molecular formula is C32H37FN2O2. The van der Waals surface area contributed by atoms with Gasteiger partial charge in [-0.15, -0.1) is 0 Å². The Balaban J connectivity index is 1.67. The van der Waals surface area contributed by atoms with Crippen molar-refractivity contribution in [3.05, 3.63) is 94.3 Å². The van der Waals surface area contributed by atoms with Crippen LogP contribution in [0.4, 0.5) is 20.6 Å². The molecule has 0 fully saturated rings. The summed E-state index contributed by atoms with van der Waals surface area (Å²) in [5.41, 5.74) is 7.45. The highest BCUT2D eigenvalue weighted by molar-refractivity contribution is 5.87. The van der Waals surface area contributed by atoms with E-state index in [-0.39, 0.29) is 16.6 Å². The predicted molar refractivity (Wildman–Crippen MR) is 148 cm³/mol. The molecule has 0 aromatic heterocycles. The molecule has 4 nitrogen and oxygen atoms in total. The van der Waals surface area contributed by atoms with E-state index in [1.807, 2.05) is 12.1 Å². The summed E-state index contributed by atoms with van der Waals surface area (Å²) in [5.74, 6) is -0.232. The van der Waals surface area contributed by atoms with Crippen molar-refractivity contribution in [2.24, 2.45) is 0 Å². The number of halogens is 1. The van der Waals surface area contributed by atoms with Gasteiger partial charge in [-0.2, -0.15) is 0 Å². The van der Waals surface area contributed by atoms with Gasteiger partial charge < -0.3 is 9.64 Å². The molecule has 0 saturated carbocycles. The monoisotopic (exact) mass is 500 g/mol. The first kappa shape index (κ1) is 25.3. The highest BCUT2D eigenvalue weighted by atomic mass is 19.1. The van der Waals surface area contributed by atoms with Crippen LogP contribution in [0.15, 0.2) is 60.7 Å². The highest BCUT2D eigenvalue weighted by Gasteiger charge is 2.45. The van der Waals surface area contributed by atoms with E-state index in [9.17, 15) is 9.18 Å². The van der Waals surface area contributed by atoms with Crippen molar-refractivity contribution in [2.45, 2.75) is 64.2 Å². The molecule has 0 bridgehead atoms. The lowest BCUT2D eigenvalue weighted by molar-refractivity contribution is 0.160. The van der Waals surface area contributed by atoms with Crippen LogP contribution < -0.4 is 10.2 Å². The largest absolute Gasteiger partial charge is 0.449 e. The molecule has 194 valence electrons. The number of hydrogen-bond donors (Lipinski definition) is 1. The fraction of sp³-hybridized carbons (Fsp3) is 0.406. The molecule has 2 aliphatic heterocycles. The van der Waals surface area contributed by atoms with Crippen molar-refractivity contribution in [3.8, 4) is 0 Å². The van der Waals surface area contributed by atoms with Crippen LogP contribution in [0.5, 0.6) is 0 Å². The number of hydrogen-bond acceptors (Lipinski definition) is 3. The third kappa shape index (κ3) is 4.60. The van der Waals surface area contributed by atoms with Crippen molar-refractivity contribution in [1.82, 2.24) is 0 Å². The molecular weight excluding hydrogens is 463 g/mol. The topological polar surface area (TPSA) is 41.6 Å². The molecule has 0 radical (unpaired) electrons. The smallest absolute Gasteiger partial charge is 0.411 e. The first-order chi connectivity index (χ1) is 17.7. The van der Waals surface area contributed by atoms with Gasteiger partial charge in [-0.1, -0.05) is 69.2 Å². The first-order valence-corrected chi connectivity index (χ1v) is 13.5. The lowest BCUT2D eigenvalue weighted by Crippen LogP contribution is -2.47. The second kappa shape index (κ2) is 9.85. The molecule has 1 N–H and O–H groups in total. The second-order valence-corrected chi connectivity index (χ2v) is 11.1. The van der Waals surface area contributed by atoms with E-state index in [2.05, 4.69) is 74.3 Å². The van der Waals surface area contributed by atoms with E-state index in [4.69, 9.17) is 4.74 Å². The summed E-state index contributed by atoms with van der Waals surface area (Å²) in [6.07, 6.45) is 3.28. The summed E-state index contributed by atoms with van der Waals surface area (Å²) in [5, 5.41) is 3.02. The summed E-state index contributed by atoms with van der Waals surface area (Å²) in [6.45, 7) is 11.1. The van der Waals surface area contributed by atoms with Crippen molar-refractivity contribution in [1.29, 1.82) is 0 Å². The van der Waals surface area contributed by atoms with Crippen LogP contribution in [0.3, 0.4) is 0 Å². The third-order valence-corrected chi connectivity index (χ3v) is 8.53. The number of anilines is 2. The first-order valence-electron chi connectivity index (χ1n) is 13.5. The van der Waals surface area contributed by atoms with Crippen LogP contribution in [0.25, 0.3) is 0 Å². The van der Waals surface area contributed by atoms with Gasteiger partial charge in [0.2, 0.25) is 0 Å². The zero-order valence-corrected chi connectivity index (χ0v) is 22.4. The predicted octanol–water partition coefficient (Wildman–Crippen LogP) is 7.71. The normalized spacial score (nSPS) is 22.4. The molecule has 3 aromatic rings. The van der Waals surface area contributed by atoms with Gasteiger partial charge in [0, 0.05) is 35.3 Å². The maximum atomic E-state index is 13.8. The van der Waals surface area contributed by atoms with Crippen LogP contribution >= 0.6 is 0 Å². The highest BCUT2D eigenvalue weighted by Crippen LogP contribution is 2.54. The Morgan fingerprint density at radius 2 is 1.49 bits per heavy atom. The molecule has 0 saturated heterocycles. The number of carbonyl (C=O) groups is 1. The number of nitrogens with one attached hydrogen (secondary N) is 1. The van der Waals surface area contributed by atoms with E-state index in [1.165, 1.54) is 27.9 Å². The zero-order chi connectivity index (χ0) is 26.2. The molecule has 1 amide bonds. The lowest BCUT2D eigenvalue weighted by atomic mass is 9.64. The average Bonchev–Trinajstić information content (AvgIpc) is 2.88. The minimum absolute atomic E-state index is 0.209. The maximum Gasteiger partial charge on any atom is 0.411 e. The van der Waals surface area contributed by atoms with Crippen LogP contribution in [0, 0.1) is 12.7 Å². The van der Waals surface area contributed by atoms with Crippen molar-refractivity contribution in [2.75, 3.05) is 29.9 Å². The fourth-order valence-electron chi connectivity index (χ4n) is 6.01. The second-order valence-electron chi connectivity index (χ2n) is 11.1. The molecule has 0 spiro atoms.